The lowest BCUT2D eigenvalue weighted by molar-refractivity contribution is -0.141. The van der Waals surface area contributed by atoms with Crippen molar-refractivity contribution in [1.29, 1.82) is 0 Å². The Bertz CT molecular complexity index is 539. The summed E-state index contributed by atoms with van der Waals surface area (Å²) in [6, 6.07) is -0.118. The van der Waals surface area contributed by atoms with E-state index in [4.69, 9.17) is 9.84 Å². The molecule has 0 aliphatic heterocycles. The highest BCUT2D eigenvalue weighted by Crippen LogP contribution is 2.19. The van der Waals surface area contributed by atoms with Crippen molar-refractivity contribution in [2.24, 2.45) is 5.41 Å². The number of carbonyl (C=O) groups is 2. The molecule has 1 rings (SSSR count). The Morgan fingerprint density at radius 3 is 2.43 bits per heavy atom. The van der Waals surface area contributed by atoms with Crippen LogP contribution >= 0.6 is 0 Å². The number of carboxylic acid groups (broad SMARTS) is 1. The second-order valence-corrected chi connectivity index (χ2v) is 5.61. The number of amides is 2. The Morgan fingerprint density at radius 1 is 1.33 bits per heavy atom. The summed E-state index contributed by atoms with van der Waals surface area (Å²) in [5, 5.41) is 13.9. The first-order valence-corrected chi connectivity index (χ1v) is 6.33. The molecule has 0 saturated carbocycles. The second kappa shape index (κ2) is 6.38. The van der Waals surface area contributed by atoms with Gasteiger partial charge in [-0.15, -0.1) is 0 Å². The number of methoxy groups -OCH3 is 1. The quantitative estimate of drug-likeness (QED) is 0.774. The number of rotatable bonds is 4. The standard InChI is InChI=1S/C13H20N4O4/c1-7-6-8(21-5)15-11(14-7)17-12(20)16-9(10(18)19)13(2,3)4/h6,9H,1-5H3,(H,18,19)(H2,14,15,16,17,20). The molecule has 0 bridgehead atoms. The molecule has 1 aromatic heterocycles. The summed E-state index contributed by atoms with van der Waals surface area (Å²) < 4.78 is 4.97. The Morgan fingerprint density at radius 2 is 1.95 bits per heavy atom. The van der Waals surface area contributed by atoms with E-state index in [-0.39, 0.29) is 5.95 Å². The van der Waals surface area contributed by atoms with E-state index in [0.29, 0.717) is 11.6 Å². The summed E-state index contributed by atoms with van der Waals surface area (Å²) in [5.74, 6) is -0.758. The first-order valence-electron chi connectivity index (χ1n) is 6.33. The highest BCUT2D eigenvalue weighted by atomic mass is 16.5. The van der Waals surface area contributed by atoms with Crippen LogP contribution < -0.4 is 15.4 Å². The fourth-order valence-corrected chi connectivity index (χ4v) is 1.62. The maximum atomic E-state index is 11.9. The van der Waals surface area contributed by atoms with E-state index in [0.717, 1.165) is 0 Å². The molecule has 1 unspecified atom stereocenters. The lowest BCUT2D eigenvalue weighted by Gasteiger charge is -2.27. The summed E-state index contributed by atoms with van der Waals surface area (Å²) in [7, 11) is 1.45. The van der Waals surface area contributed by atoms with Gasteiger partial charge < -0.3 is 15.2 Å². The predicted molar refractivity (Wildman–Crippen MR) is 76.4 cm³/mol. The van der Waals surface area contributed by atoms with Crippen molar-refractivity contribution in [3.63, 3.8) is 0 Å². The smallest absolute Gasteiger partial charge is 0.326 e. The van der Waals surface area contributed by atoms with E-state index in [1.165, 1.54) is 7.11 Å². The van der Waals surface area contributed by atoms with Crippen LogP contribution in [-0.2, 0) is 4.79 Å². The second-order valence-electron chi connectivity index (χ2n) is 5.61. The number of hydrogen-bond acceptors (Lipinski definition) is 5. The number of carboxylic acids is 1. The van der Waals surface area contributed by atoms with E-state index < -0.39 is 23.5 Å². The normalized spacial score (nSPS) is 12.4. The number of aromatic nitrogens is 2. The number of aryl methyl sites for hydroxylation is 1. The monoisotopic (exact) mass is 296 g/mol. The van der Waals surface area contributed by atoms with Crippen molar-refractivity contribution in [3.05, 3.63) is 11.8 Å². The summed E-state index contributed by atoms with van der Waals surface area (Å²) in [6.45, 7) is 6.89. The fourth-order valence-electron chi connectivity index (χ4n) is 1.62. The largest absolute Gasteiger partial charge is 0.481 e. The molecule has 116 valence electrons. The average Bonchev–Trinajstić information content (AvgIpc) is 2.33. The van der Waals surface area contributed by atoms with Gasteiger partial charge in [-0.25, -0.2) is 14.6 Å². The Labute approximate surface area is 122 Å². The lowest BCUT2D eigenvalue weighted by atomic mass is 9.87. The molecule has 3 N–H and O–H groups in total. The molecule has 0 aliphatic carbocycles. The Balaban J connectivity index is 2.82. The molecule has 0 aliphatic rings. The van der Waals surface area contributed by atoms with E-state index in [1.54, 1.807) is 33.8 Å². The molecule has 8 nitrogen and oxygen atoms in total. The molecular weight excluding hydrogens is 276 g/mol. The number of nitrogens with one attached hydrogen (secondary N) is 2. The Hall–Kier alpha value is -2.38. The van der Waals surface area contributed by atoms with Crippen molar-refractivity contribution >= 4 is 17.9 Å². The molecular formula is C13H20N4O4. The highest BCUT2D eigenvalue weighted by Gasteiger charge is 2.32. The van der Waals surface area contributed by atoms with Crippen molar-refractivity contribution in [3.8, 4) is 5.88 Å². The van der Waals surface area contributed by atoms with Crippen LogP contribution in [0.5, 0.6) is 5.88 Å². The van der Waals surface area contributed by atoms with Gasteiger partial charge in [-0.1, -0.05) is 20.8 Å². The minimum atomic E-state index is -1.11. The average molecular weight is 296 g/mol. The van der Waals surface area contributed by atoms with Gasteiger partial charge in [0.1, 0.15) is 6.04 Å². The molecule has 0 radical (unpaired) electrons. The summed E-state index contributed by atoms with van der Waals surface area (Å²) >= 11 is 0. The molecule has 0 aromatic carbocycles. The van der Waals surface area contributed by atoms with Gasteiger partial charge in [-0.05, 0) is 12.3 Å². The molecule has 2 amide bonds. The van der Waals surface area contributed by atoms with Crippen molar-refractivity contribution < 1.29 is 19.4 Å². The van der Waals surface area contributed by atoms with Crippen LogP contribution in [0.1, 0.15) is 26.5 Å². The molecule has 1 heterocycles. The number of anilines is 1. The van der Waals surface area contributed by atoms with Crippen molar-refractivity contribution in [2.45, 2.75) is 33.7 Å². The van der Waals surface area contributed by atoms with Crippen molar-refractivity contribution in [2.75, 3.05) is 12.4 Å². The van der Waals surface area contributed by atoms with Gasteiger partial charge in [0, 0.05) is 11.8 Å². The SMILES string of the molecule is COc1cc(C)nc(NC(=O)NC(C(=O)O)C(C)(C)C)n1. The number of aliphatic carboxylic acids is 1. The number of carbonyl (C=O) groups excluding carboxylic acids is 1. The molecule has 1 atom stereocenters. The third-order valence-electron chi connectivity index (χ3n) is 2.65. The Kier molecular flexibility index (Phi) is 5.07. The van der Waals surface area contributed by atoms with Crippen LogP contribution in [0.15, 0.2) is 6.07 Å². The minimum Gasteiger partial charge on any atom is -0.481 e. The van der Waals surface area contributed by atoms with Crippen LogP contribution in [0.2, 0.25) is 0 Å². The van der Waals surface area contributed by atoms with Gasteiger partial charge >= 0.3 is 12.0 Å². The third kappa shape index (κ3) is 4.90. The zero-order valence-corrected chi connectivity index (χ0v) is 12.7. The van der Waals surface area contributed by atoms with Crippen LogP contribution in [0.3, 0.4) is 0 Å². The van der Waals surface area contributed by atoms with Crippen LogP contribution in [-0.4, -0.2) is 40.2 Å². The summed E-state index contributed by atoms with van der Waals surface area (Å²) in [5.41, 5.74) is -0.0170. The molecule has 8 heteroatoms. The molecule has 0 saturated heterocycles. The predicted octanol–water partition coefficient (Wildman–Crippen LogP) is 1.41. The maximum absolute atomic E-state index is 11.9. The zero-order valence-electron chi connectivity index (χ0n) is 12.7. The maximum Gasteiger partial charge on any atom is 0.326 e. The molecule has 0 spiro atoms. The van der Waals surface area contributed by atoms with E-state index >= 15 is 0 Å². The summed E-state index contributed by atoms with van der Waals surface area (Å²) in [6.07, 6.45) is 0. The summed E-state index contributed by atoms with van der Waals surface area (Å²) in [4.78, 5) is 31.1. The van der Waals surface area contributed by atoms with Gasteiger partial charge in [-0.3, -0.25) is 5.32 Å². The number of nitrogens with zero attached hydrogens (tertiary/aromatic N) is 2. The zero-order chi connectivity index (χ0) is 16.2. The van der Waals surface area contributed by atoms with Crippen LogP contribution in [0.25, 0.3) is 0 Å². The number of ether oxygens (including phenoxy) is 1. The minimum absolute atomic E-state index is 0.0439. The number of hydrogen-bond donors (Lipinski definition) is 3. The van der Waals surface area contributed by atoms with E-state index in [1.807, 2.05) is 0 Å². The van der Waals surface area contributed by atoms with Gasteiger partial charge in [0.15, 0.2) is 0 Å². The van der Waals surface area contributed by atoms with Gasteiger partial charge in [-0.2, -0.15) is 4.98 Å². The van der Waals surface area contributed by atoms with Gasteiger partial charge in [0.25, 0.3) is 0 Å². The third-order valence-corrected chi connectivity index (χ3v) is 2.65. The van der Waals surface area contributed by atoms with E-state index in [2.05, 4.69) is 20.6 Å². The molecule has 21 heavy (non-hydrogen) atoms. The lowest BCUT2D eigenvalue weighted by Crippen LogP contribution is -2.50. The van der Waals surface area contributed by atoms with Gasteiger partial charge in [0.05, 0.1) is 7.11 Å². The highest BCUT2D eigenvalue weighted by molar-refractivity contribution is 5.91. The molecule has 0 fully saturated rings. The first kappa shape index (κ1) is 16.7. The topological polar surface area (TPSA) is 113 Å². The van der Waals surface area contributed by atoms with E-state index in [9.17, 15) is 9.59 Å². The molecule has 1 aromatic rings. The van der Waals surface area contributed by atoms with Gasteiger partial charge in [0.2, 0.25) is 11.8 Å². The first-order chi connectivity index (χ1) is 9.63. The van der Waals surface area contributed by atoms with Crippen molar-refractivity contribution in [1.82, 2.24) is 15.3 Å². The van der Waals surface area contributed by atoms with Crippen LogP contribution in [0.4, 0.5) is 10.7 Å². The number of urea groups is 1. The fraction of sp³-hybridized carbons (Fsp3) is 0.538. The van der Waals surface area contributed by atoms with Crippen LogP contribution in [0, 0.1) is 12.3 Å².